The second-order valence-electron chi connectivity index (χ2n) is 6.09. The van der Waals surface area contributed by atoms with Crippen LogP contribution in [0.3, 0.4) is 0 Å². The summed E-state index contributed by atoms with van der Waals surface area (Å²) < 4.78 is 2.13. The Labute approximate surface area is 145 Å². The summed E-state index contributed by atoms with van der Waals surface area (Å²) in [5.41, 5.74) is 5.54. The Morgan fingerprint density at radius 2 is 1.64 bits per heavy atom. The van der Waals surface area contributed by atoms with E-state index in [0.717, 1.165) is 22.5 Å². The van der Waals surface area contributed by atoms with Crippen LogP contribution in [0.1, 0.15) is 15.9 Å². The number of aromatic nitrogens is 1. The van der Waals surface area contributed by atoms with Gasteiger partial charge in [-0.3, -0.25) is 0 Å². The number of nitrogens with zero attached hydrogens (tertiary/aromatic N) is 1. The van der Waals surface area contributed by atoms with Crippen LogP contribution in [0.25, 0.3) is 27.8 Å². The number of hydrogen-bond donors (Lipinski definition) is 1. The molecule has 0 bridgehead atoms. The zero-order valence-corrected chi connectivity index (χ0v) is 13.8. The van der Waals surface area contributed by atoms with Crippen LogP contribution in [0.4, 0.5) is 0 Å². The van der Waals surface area contributed by atoms with Crippen molar-refractivity contribution in [2.45, 2.75) is 6.92 Å². The first kappa shape index (κ1) is 15.2. The zero-order chi connectivity index (χ0) is 17.4. The Balaban J connectivity index is 2.06. The number of rotatable bonds is 3. The molecule has 0 saturated heterocycles. The first-order chi connectivity index (χ1) is 12.1. The maximum absolute atomic E-state index is 11.4. The van der Waals surface area contributed by atoms with Crippen LogP contribution in [0.15, 0.2) is 78.9 Å². The molecule has 122 valence electrons. The Morgan fingerprint density at radius 3 is 2.40 bits per heavy atom. The molecule has 0 unspecified atom stereocenters. The highest BCUT2D eigenvalue weighted by Gasteiger charge is 2.14. The number of aryl methyl sites for hydroxylation is 1. The molecule has 0 aliphatic rings. The largest absolute Gasteiger partial charge is 0.478 e. The van der Waals surface area contributed by atoms with Crippen LogP contribution >= 0.6 is 0 Å². The highest BCUT2D eigenvalue weighted by molar-refractivity contribution is 5.93. The van der Waals surface area contributed by atoms with Crippen molar-refractivity contribution in [1.29, 1.82) is 0 Å². The number of fused-ring (bicyclic) bond motifs is 1. The summed E-state index contributed by atoms with van der Waals surface area (Å²) in [4.78, 5) is 11.4. The van der Waals surface area contributed by atoms with Gasteiger partial charge in [-0.1, -0.05) is 48.5 Å². The quantitative estimate of drug-likeness (QED) is 0.554. The summed E-state index contributed by atoms with van der Waals surface area (Å²) >= 11 is 0. The molecule has 0 saturated carbocycles. The third-order valence-electron chi connectivity index (χ3n) is 4.48. The Kier molecular flexibility index (Phi) is 3.62. The van der Waals surface area contributed by atoms with E-state index in [0.29, 0.717) is 0 Å². The summed E-state index contributed by atoms with van der Waals surface area (Å²) in [5, 5.41) is 10.5. The van der Waals surface area contributed by atoms with Crippen LogP contribution in [0.5, 0.6) is 0 Å². The molecule has 0 radical (unpaired) electrons. The predicted molar refractivity (Wildman–Crippen MR) is 100 cm³/mol. The number of benzene rings is 3. The fourth-order valence-corrected chi connectivity index (χ4v) is 3.26. The highest BCUT2D eigenvalue weighted by Crippen LogP contribution is 2.33. The van der Waals surface area contributed by atoms with Crippen molar-refractivity contribution in [3.05, 3.63) is 90.0 Å². The van der Waals surface area contributed by atoms with E-state index in [2.05, 4.69) is 41.8 Å². The molecule has 0 fully saturated rings. The molecular weight excluding hydrogens is 310 g/mol. The highest BCUT2D eigenvalue weighted by atomic mass is 16.4. The topological polar surface area (TPSA) is 42.2 Å². The zero-order valence-electron chi connectivity index (χ0n) is 13.8. The predicted octanol–water partition coefficient (Wildman–Crippen LogP) is 5.30. The van der Waals surface area contributed by atoms with E-state index in [1.807, 2.05) is 30.3 Å². The van der Waals surface area contributed by atoms with Gasteiger partial charge in [-0.25, -0.2) is 4.79 Å². The average Bonchev–Trinajstić information content (AvgIpc) is 3.03. The van der Waals surface area contributed by atoms with Gasteiger partial charge in [0.05, 0.1) is 16.8 Å². The minimum absolute atomic E-state index is 0.283. The van der Waals surface area contributed by atoms with Crippen molar-refractivity contribution in [2.75, 3.05) is 0 Å². The van der Waals surface area contributed by atoms with Crippen molar-refractivity contribution < 1.29 is 9.90 Å². The van der Waals surface area contributed by atoms with E-state index >= 15 is 0 Å². The van der Waals surface area contributed by atoms with Gasteiger partial charge in [0.1, 0.15) is 0 Å². The standard InChI is InChI=1S/C22H17NO2/c1-15-7-5-12-20-19(15)14-21(16-8-3-2-4-9-16)23(20)18-11-6-10-17(13-18)22(24)25/h2-14H,1H3,(H,24,25). The van der Waals surface area contributed by atoms with Crippen LogP contribution in [-0.2, 0) is 0 Å². The summed E-state index contributed by atoms with van der Waals surface area (Å²) in [7, 11) is 0. The maximum atomic E-state index is 11.4. The Hall–Kier alpha value is -3.33. The van der Waals surface area contributed by atoms with Crippen molar-refractivity contribution in [3.8, 4) is 16.9 Å². The van der Waals surface area contributed by atoms with Gasteiger partial charge in [-0.05, 0) is 48.4 Å². The lowest BCUT2D eigenvalue weighted by molar-refractivity contribution is 0.0697. The van der Waals surface area contributed by atoms with E-state index in [1.165, 1.54) is 10.9 Å². The van der Waals surface area contributed by atoms with Crippen LogP contribution in [0, 0.1) is 6.92 Å². The molecule has 1 heterocycles. The molecule has 0 amide bonds. The van der Waals surface area contributed by atoms with Crippen LogP contribution < -0.4 is 0 Å². The van der Waals surface area contributed by atoms with Crippen LogP contribution in [-0.4, -0.2) is 15.6 Å². The molecule has 25 heavy (non-hydrogen) atoms. The van der Waals surface area contributed by atoms with Crippen molar-refractivity contribution in [3.63, 3.8) is 0 Å². The average molecular weight is 327 g/mol. The maximum Gasteiger partial charge on any atom is 0.335 e. The van der Waals surface area contributed by atoms with Crippen molar-refractivity contribution >= 4 is 16.9 Å². The van der Waals surface area contributed by atoms with Gasteiger partial charge in [0.25, 0.3) is 0 Å². The van der Waals surface area contributed by atoms with Gasteiger partial charge >= 0.3 is 5.97 Å². The van der Waals surface area contributed by atoms with E-state index < -0.39 is 5.97 Å². The molecule has 4 rings (SSSR count). The fraction of sp³-hybridized carbons (Fsp3) is 0.0455. The number of carboxylic acid groups (broad SMARTS) is 1. The molecule has 0 spiro atoms. The van der Waals surface area contributed by atoms with E-state index in [-0.39, 0.29) is 5.56 Å². The summed E-state index contributed by atoms with van der Waals surface area (Å²) in [5.74, 6) is -0.921. The normalized spacial score (nSPS) is 10.9. The van der Waals surface area contributed by atoms with E-state index in [1.54, 1.807) is 18.2 Å². The van der Waals surface area contributed by atoms with Gasteiger partial charge in [0.2, 0.25) is 0 Å². The third-order valence-corrected chi connectivity index (χ3v) is 4.48. The van der Waals surface area contributed by atoms with Gasteiger partial charge in [-0.2, -0.15) is 0 Å². The molecule has 0 atom stereocenters. The summed E-state index contributed by atoms with van der Waals surface area (Å²) in [6.07, 6.45) is 0. The fourth-order valence-electron chi connectivity index (χ4n) is 3.26. The molecule has 3 nitrogen and oxygen atoms in total. The monoisotopic (exact) mass is 327 g/mol. The molecule has 1 aromatic heterocycles. The first-order valence-corrected chi connectivity index (χ1v) is 8.15. The molecule has 4 aromatic rings. The lowest BCUT2D eigenvalue weighted by Gasteiger charge is -2.12. The second kappa shape index (κ2) is 5.95. The minimum Gasteiger partial charge on any atom is -0.478 e. The third kappa shape index (κ3) is 2.60. The van der Waals surface area contributed by atoms with Gasteiger partial charge in [-0.15, -0.1) is 0 Å². The van der Waals surface area contributed by atoms with Gasteiger partial charge < -0.3 is 9.67 Å². The Bertz CT molecular complexity index is 1080. The minimum atomic E-state index is -0.921. The molecular formula is C22H17NO2. The van der Waals surface area contributed by atoms with Gasteiger partial charge in [0.15, 0.2) is 0 Å². The molecule has 0 aliphatic carbocycles. The second-order valence-corrected chi connectivity index (χ2v) is 6.09. The summed E-state index contributed by atoms with van der Waals surface area (Å²) in [6, 6.07) is 25.6. The van der Waals surface area contributed by atoms with Crippen molar-refractivity contribution in [2.24, 2.45) is 0 Å². The summed E-state index contributed by atoms with van der Waals surface area (Å²) in [6.45, 7) is 2.09. The molecule has 0 aliphatic heterocycles. The lowest BCUT2D eigenvalue weighted by atomic mass is 10.1. The van der Waals surface area contributed by atoms with Crippen molar-refractivity contribution in [1.82, 2.24) is 4.57 Å². The van der Waals surface area contributed by atoms with Crippen LogP contribution in [0.2, 0.25) is 0 Å². The first-order valence-electron chi connectivity index (χ1n) is 8.15. The molecule has 1 N–H and O–H groups in total. The van der Waals surface area contributed by atoms with E-state index in [4.69, 9.17) is 0 Å². The number of aromatic carboxylic acids is 1. The van der Waals surface area contributed by atoms with E-state index in [9.17, 15) is 9.90 Å². The SMILES string of the molecule is Cc1cccc2c1cc(-c1ccccc1)n2-c1cccc(C(=O)O)c1. The lowest BCUT2D eigenvalue weighted by Crippen LogP contribution is -2.01. The smallest absolute Gasteiger partial charge is 0.335 e. The molecule has 3 aromatic carbocycles. The van der Waals surface area contributed by atoms with Gasteiger partial charge in [0, 0.05) is 11.1 Å². The number of carbonyl (C=O) groups is 1. The molecule has 3 heteroatoms. The number of carboxylic acids is 1. The number of hydrogen-bond acceptors (Lipinski definition) is 1. The Morgan fingerprint density at radius 1 is 0.880 bits per heavy atom.